The molecule has 1 saturated heterocycles. The molecule has 6 nitrogen and oxygen atoms in total. The minimum atomic E-state index is -0.713. The lowest BCUT2D eigenvalue weighted by molar-refractivity contribution is 0.00578. The van der Waals surface area contributed by atoms with Crippen LogP contribution in [0.2, 0.25) is 0 Å². The third-order valence-corrected chi connectivity index (χ3v) is 4.43. The molecule has 0 aliphatic carbocycles. The highest BCUT2D eigenvalue weighted by Crippen LogP contribution is 2.41. The van der Waals surface area contributed by atoms with Gasteiger partial charge in [0.2, 0.25) is 0 Å². The highest BCUT2D eigenvalue weighted by molar-refractivity contribution is 6.47. The molecule has 0 spiro atoms. The van der Waals surface area contributed by atoms with Crippen LogP contribution >= 0.6 is 0 Å². The zero-order valence-corrected chi connectivity index (χ0v) is 13.2. The Balaban J connectivity index is 2.38. The predicted octanol–water partition coefficient (Wildman–Crippen LogP) is 1.22. The summed E-state index contributed by atoms with van der Waals surface area (Å²) in [5, 5.41) is 19.7. The smallest absolute Gasteiger partial charge is 0.480 e. The van der Waals surface area contributed by atoms with Crippen molar-refractivity contribution >= 4 is 7.12 Å². The normalized spacial score (nSPS) is 21.6. The monoisotopic (exact) mass is 294 g/mol. The standard InChI is InChI=1S/C14H23BN2O4/c1-8-11(19)10(9(7-18)6-17-8)12(16)15-20-13(2,3)14(4,5)21-15/h6,12,18-19H,7,16H2,1-5H3/t12-/m0/s1. The Labute approximate surface area is 125 Å². The van der Waals surface area contributed by atoms with Crippen molar-refractivity contribution in [2.75, 3.05) is 0 Å². The summed E-state index contributed by atoms with van der Waals surface area (Å²) >= 11 is 0. The van der Waals surface area contributed by atoms with Crippen molar-refractivity contribution < 1.29 is 19.5 Å². The summed E-state index contributed by atoms with van der Waals surface area (Å²) in [6.45, 7) is 9.16. The van der Waals surface area contributed by atoms with Gasteiger partial charge in [-0.2, -0.15) is 0 Å². The van der Waals surface area contributed by atoms with Crippen LogP contribution in [0.25, 0.3) is 0 Å². The average molecular weight is 294 g/mol. The van der Waals surface area contributed by atoms with Gasteiger partial charge < -0.3 is 25.3 Å². The molecule has 0 radical (unpaired) electrons. The minimum Gasteiger partial charge on any atom is -0.506 e. The van der Waals surface area contributed by atoms with Crippen LogP contribution in [0.5, 0.6) is 5.75 Å². The van der Waals surface area contributed by atoms with Crippen LogP contribution in [0, 0.1) is 6.92 Å². The van der Waals surface area contributed by atoms with Crippen molar-refractivity contribution in [3.8, 4) is 5.75 Å². The highest BCUT2D eigenvalue weighted by Gasteiger charge is 2.54. The Hall–Kier alpha value is -1.15. The maximum Gasteiger partial charge on any atom is 0.480 e. The lowest BCUT2D eigenvalue weighted by atomic mass is 9.73. The summed E-state index contributed by atoms with van der Waals surface area (Å²) in [6.07, 6.45) is 1.51. The number of hydrogen-bond acceptors (Lipinski definition) is 6. The molecule has 2 rings (SSSR count). The summed E-state index contributed by atoms with van der Waals surface area (Å²) < 4.78 is 11.8. The molecule has 1 fully saturated rings. The van der Waals surface area contributed by atoms with E-state index < -0.39 is 24.3 Å². The SMILES string of the molecule is Cc1ncc(CO)c([C@H](N)B2OC(C)(C)C(C)(C)O2)c1O. The van der Waals surface area contributed by atoms with E-state index in [4.69, 9.17) is 15.0 Å². The van der Waals surface area contributed by atoms with E-state index in [1.54, 1.807) is 6.92 Å². The van der Waals surface area contributed by atoms with Gasteiger partial charge in [-0.05, 0) is 34.6 Å². The van der Waals surface area contributed by atoms with Gasteiger partial charge in [-0.3, -0.25) is 4.98 Å². The van der Waals surface area contributed by atoms with E-state index >= 15 is 0 Å². The summed E-state index contributed by atoms with van der Waals surface area (Å²) in [7, 11) is -0.701. The Bertz CT molecular complexity index is 532. The largest absolute Gasteiger partial charge is 0.506 e. The maximum atomic E-state index is 10.2. The molecule has 116 valence electrons. The zero-order valence-electron chi connectivity index (χ0n) is 13.2. The second kappa shape index (κ2) is 5.24. The number of hydrogen-bond donors (Lipinski definition) is 3. The van der Waals surface area contributed by atoms with Crippen molar-refractivity contribution in [2.45, 2.75) is 58.4 Å². The lowest BCUT2D eigenvalue weighted by Crippen LogP contribution is -2.41. The Kier molecular flexibility index (Phi) is 4.05. The number of aliphatic hydroxyl groups excluding tert-OH is 1. The molecule has 1 aliphatic rings. The van der Waals surface area contributed by atoms with E-state index in [9.17, 15) is 10.2 Å². The van der Waals surface area contributed by atoms with E-state index in [0.717, 1.165) is 0 Å². The zero-order chi connectivity index (χ0) is 16.0. The van der Waals surface area contributed by atoms with E-state index in [-0.39, 0.29) is 12.4 Å². The third kappa shape index (κ3) is 2.66. The fourth-order valence-corrected chi connectivity index (χ4v) is 2.32. The van der Waals surface area contributed by atoms with Crippen molar-refractivity contribution in [2.24, 2.45) is 5.73 Å². The molecule has 2 heterocycles. The van der Waals surface area contributed by atoms with Gasteiger partial charge in [0.1, 0.15) is 5.75 Å². The predicted molar refractivity (Wildman–Crippen MR) is 79.6 cm³/mol. The van der Waals surface area contributed by atoms with Gasteiger partial charge in [0, 0.05) is 17.3 Å². The molecular weight excluding hydrogens is 271 g/mol. The Morgan fingerprint density at radius 1 is 1.29 bits per heavy atom. The van der Waals surface area contributed by atoms with Crippen LogP contribution in [0.1, 0.15) is 50.5 Å². The molecule has 0 unspecified atom stereocenters. The number of aryl methyl sites for hydroxylation is 1. The van der Waals surface area contributed by atoms with E-state index in [1.165, 1.54) is 6.20 Å². The molecule has 1 atom stereocenters. The molecular formula is C14H23BN2O4. The van der Waals surface area contributed by atoms with Gasteiger partial charge in [-0.25, -0.2) is 0 Å². The molecule has 1 aliphatic heterocycles. The quantitative estimate of drug-likeness (QED) is 0.725. The molecule has 0 bridgehead atoms. The summed E-state index contributed by atoms with van der Waals surface area (Å²) in [6, 6.07) is 0. The first-order chi connectivity index (χ1) is 9.60. The maximum absolute atomic E-state index is 10.2. The van der Waals surface area contributed by atoms with Crippen LogP contribution in [0.4, 0.5) is 0 Å². The second-order valence-corrected chi connectivity index (χ2v) is 6.44. The van der Waals surface area contributed by atoms with Crippen molar-refractivity contribution in [1.82, 2.24) is 4.98 Å². The van der Waals surface area contributed by atoms with Gasteiger partial charge >= 0.3 is 7.12 Å². The van der Waals surface area contributed by atoms with E-state index in [2.05, 4.69) is 4.98 Å². The second-order valence-electron chi connectivity index (χ2n) is 6.44. The lowest BCUT2D eigenvalue weighted by Gasteiger charge is -2.32. The van der Waals surface area contributed by atoms with Gasteiger partial charge in [-0.1, -0.05) is 0 Å². The van der Waals surface area contributed by atoms with Crippen LogP contribution in [0.15, 0.2) is 6.20 Å². The molecule has 0 saturated carbocycles. The fourth-order valence-electron chi connectivity index (χ4n) is 2.32. The first-order valence-electron chi connectivity index (χ1n) is 7.00. The summed E-state index contributed by atoms with van der Waals surface area (Å²) in [5.74, 6) is -0.737. The Morgan fingerprint density at radius 3 is 2.29 bits per heavy atom. The number of pyridine rings is 1. The van der Waals surface area contributed by atoms with E-state index in [0.29, 0.717) is 16.8 Å². The summed E-state index contributed by atoms with van der Waals surface area (Å²) in [4.78, 5) is 4.03. The van der Waals surface area contributed by atoms with Crippen molar-refractivity contribution in [1.29, 1.82) is 0 Å². The first-order valence-corrected chi connectivity index (χ1v) is 7.00. The molecule has 0 aromatic carbocycles. The Morgan fingerprint density at radius 2 is 1.81 bits per heavy atom. The van der Waals surface area contributed by atoms with E-state index in [1.807, 2.05) is 27.7 Å². The molecule has 7 heteroatoms. The van der Waals surface area contributed by atoms with Crippen LogP contribution in [0.3, 0.4) is 0 Å². The highest BCUT2D eigenvalue weighted by atomic mass is 16.7. The molecule has 1 aromatic heterocycles. The molecule has 4 N–H and O–H groups in total. The average Bonchev–Trinajstić information content (AvgIpc) is 2.61. The first kappa shape index (κ1) is 16.2. The number of nitrogens with two attached hydrogens (primary N) is 1. The number of aromatic nitrogens is 1. The topological polar surface area (TPSA) is 97.8 Å². The molecule has 1 aromatic rings. The van der Waals surface area contributed by atoms with Gasteiger partial charge in [-0.15, -0.1) is 0 Å². The fraction of sp³-hybridized carbons (Fsp3) is 0.643. The number of rotatable bonds is 3. The number of aliphatic hydroxyl groups is 1. The van der Waals surface area contributed by atoms with Gasteiger partial charge in [0.15, 0.2) is 0 Å². The van der Waals surface area contributed by atoms with Crippen molar-refractivity contribution in [3.05, 3.63) is 23.0 Å². The van der Waals surface area contributed by atoms with Gasteiger partial charge in [0.25, 0.3) is 0 Å². The molecule has 0 amide bonds. The summed E-state index contributed by atoms with van der Waals surface area (Å²) in [5.41, 5.74) is 6.57. The van der Waals surface area contributed by atoms with Gasteiger partial charge in [0.05, 0.1) is 29.4 Å². The third-order valence-electron chi connectivity index (χ3n) is 4.43. The number of nitrogens with zero attached hydrogens (tertiary/aromatic N) is 1. The minimum absolute atomic E-state index is 0.0243. The van der Waals surface area contributed by atoms with Crippen LogP contribution < -0.4 is 5.73 Å². The van der Waals surface area contributed by atoms with Crippen molar-refractivity contribution in [3.63, 3.8) is 0 Å². The van der Waals surface area contributed by atoms with Crippen LogP contribution in [-0.4, -0.2) is 33.5 Å². The number of aromatic hydroxyl groups is 1. The van der Waals surface area contributed by atoms with Crippen LogP contribution in [-0.2, 0) is 15.9 Å². The molecule has 21 heavy (non-hydrogen) atoms.